The normalized spacial score (nSPS) is 19.1. The fraction of sp³-hybridized carbons (Fsp3) is 0.455. The second kappa shape index (κ2) is 5.67. The van der Waals surface area contributed by atoms with Crippen LogP contribution in [0.1, 0.15) is 12.8 Å². The van der Waals surface area contributed by atoms with Gasteiger partial charge in [0.1, 0.15) is 0 Å². The molecule has 1 aliphatic heterocycles. The molecule has 0 amide bonds. The maximum Gasteiger partial charge on any atom is 0.243 e. The van der Waals surface area contributed by atoms with Gasteiger partial charge in [0.2, 0.25) is 10.0 Å². The fourth-order valence-electron chi connectivity index (χ4n) is 1.85. The van der Waals surface area contributed by atoms with Crippen LogP contribution in [0.2, 0.25) is 10.0 Å². The number of nitrogens with zero attached hydrogens (tertiary/aromatic N) is 1. The highest BCUT2D eigenvalue weighted by Crippen LogP contribution is 2.28. The Morgan fingerprint density at radius 2 is 1.78 bits per heavy atom. The molecule has 1 aromatic carbocycles. The number of benzene rings is 1. The van der Waals surface area contributed by atoms with Crippen LogP contribution in [0, 0.1) is 0 Å². The molecule has 0 aromatic heterocycles. The Kier molecular flexibility index (Phi) is 4.60. The van der Waals surface area contributed by atoms with E-state index in [0.717, 1.165) is 12.8 Å². The summed E-state index contributed by atoms with van der Waals surface area (Å²) in [6.45, 7) is 1.05. The van der Waals surface area contributed by atoms with E-state index in [1.165, 1.54) is 22.5 Å². The van der Waals surface area contributed by atoms with Gasteiger partial charge in [-0.15, -0.1) is 0 Å². The van der Waals surface area contributed by atoms with Gasteiger partial charge < -0.3 is 0 Å². The Hall–Kier alpha value is 0.190. The van der Waals surface area contributed by atoms with Crippen molar-refractivity contribution in [1.29, 1.82) is 0 Å². The van der Waals surface area contributed by atoms with E-state index in [1.807, 2.05) is 0 Å². The molecule has 3 nitrogen and oxygen atoms in total. The van der Waals surface area contributed by atoms with Gasteiger partial charge in [-0.25, -0.2) is 8.42 Å². The lowest BCUT2D eigenvalue weighted by Gasteiger charge is -2.28. The van der Waals surface area contributed by atoms with Crippen molar-refractivity contribution in [3.05, 3.63) is 28.2 Å². The molecule has 0 bridgehead atoms. The summed E-state index contributed by atoms with van der Waals surface area (Å²) >= 11 is 15.1. The van der Waals surface area contributed by atoms with Crippen molar-refractivity contribution in [2.24, 2.45) is 0 Å². The molecule has 0 unspecified atom stereocenters. The summed E-state index contributed by atoms with van der Waals surface area (Å²) in [6, 6.07) is 4.40. The predicted octanol–water partition coefficient (Wildman–Crippen LogP) is 3.54. The highest BCUT2D eigenvalue weighted by Gasteiger charge is 2.28. The Morgan fingerprint density at radius 1 is 1.17 bits per heavy atom. The molecule has 100 valence electrons. The van der Waals surface area contributed by atoms with Gasteiger partial charge in [-0.1, -0.05) is 39.1 Å². The molecule has 2 rings (SSSR count). The first-order valence-corrected chi connectivity index (χ1v) is 8.61. The number of hydrogen-bond donors (Lipinski definition) is 0. The second-order valence-corrected chi connectivity index (χ2v) is 8.20. The molecule has 18 heavy (non-hydrogen) atoms. The Balaban J connectivity index is 2.27. The summed E-state index contributed by atoms with van der Waals surface area (Å²) in [5.74, 6) is 0. The monoisotopic (exact) mass is 371 g/mol. The Morgan fingerprint density at radius 3 is 2.33 bits per heavy atom. The standard InChI is InChI=1S/C11H12BrCl2NO2S/c12-8-3-5-15(6-4-8)18(16,17)9-1-2-10(13)11(14)7-9/h1-2,7-8H,3-6H2. The maximum atomic E-state index is 12.4. The van der Waals surface area contributed by atoms with Gasteiger partial charge in [-0.05, 0) is 31.0 Å². The number of sulfonamides is 1. The quantitative estimate of drug-likeness (QED) is 0.744. The SMILES string of the molecule is O=S(=O)(c1ccc(Cl)c(Cl)c1)N1CCC(Br)CC1. The summed E-state index contributed by atoms with van der Waals surface area (Å²) in [6.07, 6.45) is 1.64. The minimum Gasteiger partial charge on any atom is -0.207 e. The zero-order valence-corrected chi connectivity index (χ0v) is 13.4. The van der Waals surface area contributed by atoms with Crippen LogP contribution in [0.3, 0.4) is 0 Å². The second-order valence-electron chi connectivity index (χ2n) is 4.15. The van der Waals surface area contributed by atoms with Crippen LogP contribution in [0.5, 0.6) is 0 Å². The third kappa shape index (κ3) is 3.02. The van der Waals surface area contributed by atoms with E-state index in [1.54, 1.807) is 0 Å². The first-order valence-electron chi connectivity index (χ1n) is 5.50. The largest absolute Gasteiger partial charge is 0.243 e. The molecule has 0 spiro atoms. The lowest BCUT2D eigenvalue weighted by molar-refractivity contribution is 0.354. The average Bonchev–Trinajstić information content (AvgIpc) is 2.33. The molecule has 1 fully saturated rings. The molecule has 0 aliphatic carbocycles. The van der Waals surface area contributed by atoms with Crippen molar-refractivity contribution in [2.75, 3.05) is 13.1 Å². The van der Waals surface area contributed by atoms with E-state index in [-0.39, 0.29) is 9.92 Å². The highest BCUT2D eigenvalue weighted by molar-refractivity contribution is 9.09. The van der Waals surface area contributed by atoms with Crippen LogP contribution in [-0.4, -0.2) is 30.6 Å². The van der Waals surface area contributed by atoms with Crippen LogP contribution < -0.4 is 0 Å². The molecule has 0 radical (unpaired) electrons. The summed E-state index contributed by atoms with van der Waals surface area (Å²) in [5, 5.41) is 0.614. The minimum absolute atomic E-state index is 0.199. The smallest absolute Gasteiger partial charge is 0.207 e. The lowest BCUT2D eigenvalue weighted by Crippen LogP contribution is -2.38. The Bertz CT molecular complexity index is 542. The van der Waals surface area contributed by atoms with E-state index in [0.29, 0.717) is 22.9 Å². The molecule has 1 heterocycles. The molecule has 0 atom stereocenters. The summed E-state index contributed by atoms with van der Waals surface area (Å²) in [7, 11) is -3.46. The zero-order valence-electron chi connectivity index (χ0n) is 9.44. The van der Waals surface area contributed by atoms with E-state index in [4.69, 9.17) is 23.2 Å². The predicted molar refractivity (Wildman–Crippen MR) is 77.2 cm³/mol. The Labute approximate surface area is 125 Å². The summed E-state index contributed by atoms with van der Waals surface area (Å²) in [5.41, 5.74) is 0. The number of halogens is 3. The van der Waals surface area contributed by atoms with Crippen molar-refractivity contribution >= 4 is 49.2 Å². The van der Waals surface area contributed by atoms with Crippen LogP contribution >= 0.6 is 39.1 Å². The fourth-order valence-corrected chi connectivity index (χ4v) is 4.12. The van der Waals surface area contributed by atoms with Gasteiger partial charge in [0.25, 0.3) is 0 Å². The number of piperidine rings is 1. The number of rotatable bonds is 2. The van der Waals surface area contributed by atoms with Gasteiger partial charge in [0.05, 0.1) is 14.9 Å². The molecular formula is C11H12BrCl2NO2S. The first kappa shape index (κ1) is 14.6. The van der Waals surface area contributed by atoms with Crippen molar-refractivity contribution in [1.82, 2.24) is 4.31 Å². The summed E-state index contributed by atoms with van der Waals surface area (Å²) in [4.78, 5) is 0.600. The van der Waals surface area contributed by atoms with Gasteiger partial charge in [-0.3, -0.25) is 0 Å². The van der Waals surface area contributed by atoms with Gasteiger partial charge in [0, 0.05) is 17.9 Å². The number of alkyl halides is 1. The van der Waals surface area contributed by atoms with Gasteiger partial charge in [-0.2, -0.15) is 4.31 Å². The minimum atomic E-state index is -3.46. The van der Waals surface area contributed by atoms with E-state index in [2.05, 4.69) is 15.9 Å². The summed E-state index contributed by atoms with van der Waals surface area (Å²) < 4.78 is 26.2. The zero-order chi connectivity index (χ0) is 13.3. The van der Waals surface area contributed by atoms with Gasteiger partial charge >= 0.3 is 0 Å². The average molecular weight is 373 g/mol. The van der Waals surface area contributed by atoms with Crippen LogP contribution in [0.4, 0.5) is 0 Å². The van der Waals surface area contributed by atoms with Crippen LogP contribution in [0.25, 0.3) is 0 Å². The first-order chi connectivity index (χ1) is 8.41. The third-order valence-electron chi connectivity index (χ3n) is 2.91. The van der Waals surface area contributed by atoms with E-state index in [9.17, 15) is 8.42 Å². The highest BCUT2D eigenvalue weighted by atomic mass is 79.9. The lowest BCUT2D eigenvalue weighted by atomic mass is 10.2. The molecule has 0 saturated carbocycles. The van der Waals surface area contributed by atoms with Crippen LogP contribution in [-0.2, 0) is 10.0 Å². The molecule has 7 heteroatoms. The van der Waals surface area contributed by atoms with Crippen molar-refractivity contribution in [3.63, 3.8) is 0 Å². The molecule has 0 N–H and O–H groups in total. The molecule has 1 aromatic rings. The van der Waals surface area contributed by atoms with Gasteiger partial charge in [0.15, 0.2) is 0 Å². The molecular weight excluding hydrogens is 361 g/mol. The van der Waals surface area contributed by atoms with Crippen LogP contribution in [0.15, 0.2) is 23.1 Å². The van der Waals surface area contributed by atoms with Crippen molar-refractivity contribution in [3.8, 4) is 0 Å². The van der Waals surface area contributed by atoms with Crippen molar-refractivity contribution in [2.45, 2.75) is 22.6 Å². The molecule has 1 aliphatic rings. The maximum absolute atomic E-state index is 12.4. The molecule has 1 saturated heterocycles. The third-order valence-corrected chi connectivity index (χ3v) is 6.46. The van der Waals surface area contributed by atoms with E-state index < -0.39 is 10.0 Å². The van der Waals surface area contributed by atoms with Crippen molar-refractivity contribution < 1.29 is 8.42 Å². The topological polar surface area (TPSA) is 37.4 Å². The number of hydrogen-bond acceptors (Lipinski definition) is 2. The van der Waals surface area contributed by atoms with E-state index >= 15 is 0 Å².